The smallest absolute Gasteiger partial charge is 0.407 e. The number of carbonyl (C=O) groups excluding carboxylic acids is 3. The Morgan fingerprint density at radius 1 is 1.30 bits per heavy atom. The maximum atomic E-state index is 11.7. The first kappa shape index (κ1) is 16.1. The summed E-state index contributed by atoms with van der Waals surface area (Å²) in [6, 6.07) is -1.91. The van der Waals surface area contributed by atoms with E-state index in [2.05, 4.69) is 10.1 Å². The molecule has 3 amide bonds. The molecular formula is C12H21N3O5. The van der Waals surface area contributed by atoms with Crippen LogP contribution in [0.2, 0.25) is 0 Å². The highest BCUT2D eigenvalue weighted by atomic mass is 16.6. The molecule has 1 aliphatic rings. The molecule has 114 valence electrons. The normalized spacial score (nSPS) is 22.3. The average molecular weight is 287 g/mol. The molecule has 0 aromatic heterocycles. The Labute approximate surface area is 117 Å². The number of urea groups is 1. The summed E-state index contributed by atoms with van der Waals surface area (Å²) < 4.78 is 9.73. The number of carbonyl (C=O) groups is 3. The molecular weight excluding hydrogens is 266 g/mol. The van der Waals surface area contributed by atoms with E-state index in [0.717, 1.165) is 0 Å². The minimum Gasteiger partial charge on any atom is -0.467 e. The van der Waals surface area contributed by atoms with E-state index in [0.29, 0.717) is 0 Å². The average Bonchev–Trinajstić information content (AvgIpc) is 2.69. The predicted octanol–water partition coefficient (Wildman–Crippen LogP) is 0.206. The lowest BCUT2D eigenvalue weighted by Gasteiger charge is -2.21. The van der Waals surface area contributed by atoms with Gasteiger partial charge in [-0.15, -0.1) is 0 Å². The second-order valence-electron chi connectivity index (χ2n) is 5.61. The highest BCUT2D eigenvalue weighted by Crippen LogP contribution is 2.19. The molecule has 0 unspecified atom stereocenters. The van der Waals surface area contributed by atoms with Gasteiger partial charge in [-0.2, -0.15) is 0 Å². The third-order valence-electron chi connectivity index (χ3n) is 2.78. The quantitative estimate of drug-likeness (QED) is 0.705. The number of hydrogen-bond donors (Lipinski definition) is 2. The third-order valence-corrected chi connectivity index (χ3v) is 2.78. The van der Waals surface area contributed by atoms with Crippen molar-refractivity contribution in [3.63, 3.8) is 0 Å². The van der Waals surface area contributed by atoms with Gasteiger partial charge in [-0.3, -0.25) is 0 Å². The number of methoxy groups -OCH3 is 1. The lowest BCUT2D eigenvalue weighted by molar-refractivity contribution is -0.144. The van der Waals surface area contributed by atoms with Gasteiger partial charge in [-0.25, -0.2) is 14.4 Å². The van der Waals surface area contributed by atoms with Crippen LogP contribution in [-0.4, -0.2) is 54.3 Å². The van der Waals surface area contributed by atoms with Gasteiger partial charge in [-0.1, -0.05) is 0 Å². The molecule has 8 heteroatoms. The zero-order valence-electron chi connectivity index (χ0n) is 12.1. The van der Waals surface area contributed by atoms with Gasteiger partial charge in [0, 0.05) is 13.0 Å². The Bertz CT molecular complexity index is 404. The minimum atomic E-state index is -0.780. The molecule has 1 heterocycles. The maximum absolute atomic E-state index is 11.7. The number of nitrogens with two attached hydrogens (primary N) is 1. The van der Waals surface area contributed by atoms with Gasteiger partial charge in [0.25, 0.3) is 0 Å². The fourth-order valence-corrected chi connectivity index (χ4v) is 2.02. The Morgan fingerprint density at radius 2 is 1.90 bits per heavy atom. The molecule has 0 bridgehead atoms. The summed E-state index contributed by atoms with van der Waals surface area (Å²) in [7, 11) is 1.23. The molecule has 0 aliphatic carbocycles. The van der Waals surface area contributed by atoms with E-state index in [1.807, 2.05) is 0 Å². The van der Waals surface area contributed by atoms with Crippen molar-refractivity contribution in [2.24, 2.45) is 5.73 Å². The first-order chi connectivity index (χ1) is 9.14. The first-order valence-corrected chi connectivity index (χ1v) is 6.27. The molecule has 8 nitrogen and oxygen atoms in total. The molecule has 1 fully saturated rings. The molecule has 1 saturated heterocycles. The molecule has 0 saturated carbocycles. The molecule has 0 spiro atoms. The van der Waals surface area contributed by atoms with Gasteiger partial charge in [0.2, 0.25) is 0 Å². The number of nitrogens with one attached hydrogen (secondary N) is 1. The summed E-state index contributed by atoms with van der Waals surface area (Å²) >= 11 is 0. The largest absolute Gasteiger partial charge is 0.467 e. The fraction of sp³-hybridized carbons (Fsp3) is 0.750. The van der Waals surface area contributed by atoms with Gasteiger partial charge < -0.3 is 25.4 Å². The number of rotatable bonds is 2. The van der Waals surface area contributed by atoms with Crippen LogP contribution in [0.5, 0.6) is 0 Å². The summed E-state index contributed by atoms with van der Waals surface area (Å²) in [5, 5.41) is 2.61. The molecule has 1 aliphatic heterocycles. The number of alkyl carbamates (subject to hydrolysis) is 1. The third kappa shape index (κ3) is 4.29. The van der Waals surface area contributed by atoms with E-state index >= 15 is 0 Å². The summed E-state index contributed by atoms with van der Waals surface area (Å²) in [4.78, 5) is 35.7. The summed E-state index contributed by atoms with van der Waals surface area (Å²) in [6.07, 6.45) is -0.355. The van der Waals surface area contributed by atoms with Crippen LogP contribution < -0.4 is 11.1 Å². The number of primary amides is 1. The SMILES string of the molecule is COC(=O)[C@@H]1C[C@H](NC(=O)OC(C)(C)C)CN1C(N)=O. The summed E-state index contributed by atoms with van der Waals surface area (Å²) in [5.74, 6) is -0.558. The lowest BCUT2D eigenvalue weighted by atomic mass is 10.2. The van der Waals surface area contributed by atoms with Crippen LogP contribution in [0, 0.1) is 0 Å². The summed E-state index contributed by atoms with van der Waals surface area (Å²) in [5.41, 5.74) is 4.59. The van der Waals surface area contributed by atoms with E-state index in [1.54, 1.807) is 20.8 Å². The number of nitrogens with zero attached hydrogens (tertiary/aromatic N) is 1. The monoisotopic (exact) mass is 287 g/mol. The number of hydrogen-bond acceptors (Lipinski definition) is 5. The topological polar surface area (TPSA) is 111 Å². The van der Waals surface area contributed by atoms with Gasteiger partial charge in [0.05, 0.1) is 13.2 Å². The standard InChI is InChI=1S/C12H21N3O5/c1-12(2,3)20-11(18)14-7-5-8(9(16)19-4)15(6-7)10(13)17/h7-8H,5-6H2,1-4H3,(H2,13,17)(H,14,18)/t7-,8-/m0/s1. The maximum Gasteiger partial charge on any atom is 0.407 e. The molecule has 1 rings (SSSR count). The van der Waals surface area contributed by atoms with E-state index in [-0.39, 0.29) is 13.0 Å². The van der Waals surface area contributed by atoms with Crippen molar-refractivity contribution in [3.8, 4) is 0 Å². The number of esters is 1. The minimum absolute atomic E-state index is 0.147. The zero-order chi connectivity index (χ0) is 15.5. The molecule has 3 N–H and O–H groups in total. The van der Waals surface area contributed by atoms with Crippen molar-refractivity contribution in [3.05, 3.63) is 0 Å². The van der Waals surface area contributed by atoms with E-state index in [9.17, 15) is 14.4 Å². The predicted molar refractivity (Wildman–Crippen MR) is 69.9 cm³/mol. The number of ether oxygens (including phenoxy) is 2. The molecule has 20 heavy (non-hydrogen) atoms. The lowest BCUT2D eigenvalue weighted by Crippen LogP contribution is -2.45. The van der Waals surface area contributed by atoms with Crippen LogP contribution in [0.15, 0.2) is 0 Å². The van der Waals surface area contributed by atoms with E-state index < -0.39 is 35.8 Å². The van der Waals surface area contributed by atoms with Crippen molar-refractivity contribution < 1.29 is 23.9 Å². The van der Waals surface area contributed by atoms with Gasteiger partial charge >= 0.3 is 18.1 Å². The Morgan fingerprint density at radius 3 is 2.35 bits per heavy atom. The second kappa shape index (κ2) is 5.98. The van der Waals surface area contributed by atoms with Crippen LogP contribution in [-0.2, 0) is 14.3 Å². The van der Waals surface area contributed by atoms with E-state index in [1.165, 1.54) is 12.0 Å². The first-order valence-electron chi connectivity index (χ1n) is 6.27. The van der Waals surface area contributed by atoms with E-state index in [4.69, 9.17) is 10.5 Å². The highest BCUT2D eigenvalue weighted by molar-refractivity contribution is 5.84. The van der Waals surface area contributed by atoms with Crippen molar-refractivity contribution in [2.45, 2.75) is 44.9 Å². The summed E-state index contributed by atoms with van der Waals surface area (Å²) in [6.45, 7) is 5.38. The van der Waals surface area contributed by atoms with Crippen LogP contribution in [0.3, 0.4) is 0 Å². The fourth-order valence-electron chi connectivity index (χ4n) is 2.02. The van der Waals surface area contributed by atoms with Crippen LogP contribution in [0.25, 0.3) is 0 Å². The van der Waals surface area contributed by atoms with Crippen molar-refractivity contribution >= 4 is 18.1 Å². The molecule has 2 atom stereocenters. The van der Waals surface area contributed by atoms with Gasteiger partial charge in [0.1, 0.15) is 11.6 Å². The Balaban J connectivity index is 2.64. The van der Waals surface area contributed by atoms with Gasteiger partial charge in [0.15, 0.2) is 0 Å². The van der Waals surface area contributed by atoms with Gasteiger partial charge in [-0.05, 0) is 20.8 Å². The second-order valence-corrected chi connectivity index (χ2v) is 5.61. The number of amides is 3. The highest BCUT2D eigenvalue weighted by Gasteiger charge is 2.40. The van der Waals surface area contributed by atoms with Crippen LogP contribution in [0.4, 0.5) is 9.59 Å². The Hall–Kier alpha value is -1.99. The Kier molecular flexibility index (Phi) is 4.80. The van der Waals surface area contributed by atoms with Crippen LogP contribution >= 0.6 is 0 Å². The van der Waals surface area contributed by atoms with Crippen molar-refractivity contribution in [2.75, 3.05) is 13.7 Å². The van der Waals surface area contributed by atoms with Crippen molar-refractivity contribution in [1.29, 1.82) is 0 Å². The molecule has 0 aromatic rings. The van der Waals surface area contributed by atoms with Crippen molar-refractivity contribution in [1.82, 2.24) is 10.2 Å². The number of likely N-dealkylation sites (tertiary alicyclic amines) is 1. The zero-order valence-corrected chi connectivity index (χ0v) is 12.1. The van der Waals surface area contributed by atoms with Crippen LogP contribution in [0.1, 0.15) is 27.2 Å². The molecule has 0 aromatic carbocycles. The molecule has 0 radical (unpaired) electrons.